The summed E-state index contributed by atoms with van der Waals surface area (Å²) in [5.41, 5.74) is 1.47. The molecule has 31 heavy (non-hydrogen) atoms. The number of ether oxygens (including phenoxy) is 1. The average Bonchev–Trinajstić information content (AvgIpc) is 3.29. The van der Waals surface area contributed by atoms with E-state index in [1.54, 1.807) is 18.3 Å². The van der Waals surface area contributed by atoms with Gasteiger partial charge in [-0.15, -0.1) is 0 Å². The van der Waals surface area contributed by atoms with Crippen molar-refractivity contribution in [2.45, 2.75) is 44.4 Å². The first kappa shape index (κ1) is 21.3. The minimum atomic E-state index is -0.364. The Hall–Kier alpha value is -2.90. The molecular formula is C23H29FN4O3. The lowest BCUT2D eigenvalue weighted by atomic mass is 9.92. The Morgan fingerprint density at radius 3 is 2.74 bits per heavy atom. The molecule has 8 heteroatoms. The SMILES string of the molecule is O=C(CCOc1cccc(F)c1)N1CCC[C@@H](c2[nH]ncc2C(=O)N2CCCCC2)C1. The van der Waals surface area contributed by atoms with E-state index in [-0.39, 0.29) is 36.6 Å². The highest BCUT2D eigenvalue weighted by Crippen LogP contribution is 2.29. The predicted octanol–water partition coefficient (Wildman–Crippen LogP) is 3.35. The minimum absolute atomic E-state index is 0.00419. The van der Waals surface area contributed by atoms with E-state index in [9.17, 15) is 14.0 Å². The van der Waals surface area contributed by atoms with Gasteiger partial charge in [0.1, 0.15) is 11.6 Å². The fraction of sp³-hybridized carbons (Fsp3) is 0.522. The molecule has 166 valence electrons. The van der Waals surface area contributed by atoms with Crippen molar-refractivity contribution in [2.24, 2.45) is 0 Å². The number of rotatable bonds is 6. The zero-order chi connectivity index (χ0) is 21.6. The number of nitrogens with zero attached hydrogens (tertiary/aromatic N) is 3. The summed E-state index contributed by atoms with van der Waals surface area (Å²) in [6, 6.07) is 5.91. The Balaban J connectivity index is 1.34. The van der Waals surface area contributed by atoms with Crippen LogP contribution in [0.2, 0.25) is 0 Å². The third kappa shape index (κ3) is 5.24. The van der Waals surface area contributed by atoms with Crippen LogP contribution in [0.3, 0.4) is 0 Å². The third-order valence-corrected chi connectivity index (χ3v) is 6.11. The van der Waals surface area contributed by atoms with Crippen molar-refractivity contribution in [1.29, 1.82) is 0 Å². The van der Waals surface area contributed by atoms with Gasteiger partial charge in [-0.2, -0.15) is 5.10 Å². The average molecular weight is 429 g/mol. The molecule has 0 bridgehead atoms. The number of likely N-dealkylation sites (tertiary alicyclic amines) is 2. The maximum Gasteiger partial charge on any atom is 0.257 e. The molecule has 2 saturated heterocycles. The molecule has 7 nitrogen and oxygen atoms in total. The number of H-pyrrole nitrogens is 1. The zero-order valence-electron chi connectivity index (χ0n) is 17.7. The second-order valence-corrected chi connectivity index (χ2v) is 8.28. The van der Waals surface area contributed by atoms with Crippen molar-refractivity contribution in [3.05, 3.63) is 47.5 Å². The Labute approximate surface area is 181 Å². The maximum atomic E-state index is 13.2. The summed E-state index contributed by atoms with van der Waals surface area (Å²) in [6.07, 6.45) is 6.89. The number of aromatic nitrogens is 2. The first-order chi connectivity index (χ1) is 15.1. The Morgan fingerprint density at radius 1 is 1.13 bits per heavy atom. The predicted molar refractivity (Wildman–Crippen MR) is 113 cm³/mol. The fourth-order valence-electron chi connectivity index (χ4n) is 4.46. The second-order valence-electron chi connectivity index (χ2n) is 8.28. The second kappa shape index (κ2) is 9.94. The molecule has 0 spiro atoms. The number of carbonyl (C=O) groups excluding carboxylic acids is 2. The molecule has 1 aromatic heterocycles. The molecule has 2 fully saturated rings. The van der Waals surface area contributed by atoms with Crippen molar-refractivity contribution < 1.29 is 18.7 Å². The summed E-state index contributed by atoms with van der Waals surface area (Å²) in [7, 11) is 0. The topological polar surface area (TPSA) is 78.5 Å². The van der Waals surface area contributed by atoms with E-state index in [1.807, 2.05) is 9.80 Å². The Kier molecular flexibility index (Phi) is 6.84. The summed E-state index contributed by atoms with van der Waals surface area (Å²) in [5.74, 6) is 0.160. The number of aromatic amines is 1. The van der Waals surface area contributed by atoms with Crippen molar-refractivity contribution in [3.63, 3.8) is 0 Å². The minimum Gasteiger partial charge on any atom is -0.493 e. The molecule has 0 radical (unpaired) electrons. The van der Waals surface area contributed by atoms with Gasteiger partial charge < -0.3 is 14.5 Å². The van der Waals surface area contributed by atoms with Crippen molar-refractivity contribution in [3.8, 4) is 5.75 Å². The van der Waals surface area contributed by atoms with Crippen LogP contribution in [0.15, 0.2) is 30.5 Å². The lowest BCUT2D eigenvalue weighted by molar-refractivity contribution is -0.132. The number of nitrogens with one attached hydrogen (secondary N) is 1. The molecule has 2 aromatic rings. The van der Waals surface area contributed by atoms with Crippen LogP contribution >= 0.6 is 0 Å². The molecule has 2 amide bonds. The molecule has 0 aliphatic carbocycles. The van der Waals surface area contributed by atoms with E-state index in [1.165, 1.54) is 18.6 Å². The number of halogens is 1. The van der Waals surface area contributed by atoms with Crippen LogP contribution in [0.4, 0.5) is 4.39 Å². The van der Waals surface area contributed by atoms with Gasteiger partial charge in [0.2, 0.25) is 5.91 Å². The third-order valence-electron chi connectivity index (χ3n) is 6.11. The number of carbonyl (C=O) groups is 2. The molecule has 4 rings (SSSR count). The van der Waals surface area contributed by atoms with E-state index in [4.69, 9.17) is 4.74 Å². The van der Waals surface area contributed by atoms with E-state index in [2.05, 4.69) is 10.2 Å². The van der Waals surface area contributed by atoms with Crippen LogP contribution < -0.4 is 4.74 Å². The van der Waals surface area contributed by atoms with E-state index < -0.39 is 0 Å². The molecule has 1 aromatic carbocycles. The van der Waals surface area contributed by atoms with Crippen LogP contribution in [0.25, 0.3) is 0 Å². The van der Waals surface area contributed by atoms with Gasteiger partial charge in [-0.1, -0.05) is 6.07 Å². The number of hydrogen-bond donors (Lipinski definition) is 1. The molecular weight excluding hydrogens is 399 g/mol. The number of piperidine rings is 2. The van der Waals surface area contributed by atoms with Gasteiger partial charge >= 0.3 is 0 Å². The largest absolute Gasteiger partial charge is 0.493 e. The molecule has 2 aliphatic rings. The summed E-state index contributed by atoms with van der Waals surface area (Å²) < 4.78 is 18.8. The first-order valence-corrected chi connectivity index (χ1v) is 11.1. The molecule has 2 aliphatic heterocycles. The van der Waals surface area contributed by atoms with Crippen LogP contribution in [-0.4, -0.2) is 64.6 Å². The van der Waals surface area contributed by atoms with Gasteiger partial charge in [0.25, 0.3) is 5.91 Å². The molecule has 0 saturated carbocycles. The van der Waals surface area contributed by atoms with Gasteiger partial charge in [0.05, 0.1) is 30.5 Å². The van der Waals surface area contributed by atoms with Crippen molar-refractivity contribution >= 4 is 11.8 Å². The summed E-state index contributed by atoms with van der Waals surface area (Å²) in [5, 5.41) is 7.18. The smallest absolute Gasteiger partial charge is 0.257 e. The van der Waals surface area contributed by atoms with Crippen LogP contribution in [0, 0.1) is 5.82 Å². The Bertz CT molecular complexity index is 910. The molecule has 0 unspecified atom stereocenters. The Morgan fingerprint density at radius 2 is 1.94 bits per heavy atom. The monoisotopic (exact) mass is 428 g/mol. The first-order valence-electron chi connectivity index (χ1n) is 11.1. The highest BCUT2D eigenvalue weighted by Gasteiger charge is 2.30. The molecule has 3 heterocycles. The highest BCUT2D eigenvalue weighted by atomic mass is 19.1. The molecule has 1 N–H and O–H groups in total. The standard InChI is InChI=1S/C23H29FN4O3/c24-18-7-4-8-19(14-18)31-13-9-21(29)28-12-5-6-17(16-28)22-20(15-25-26-22)23(30)27-10-2-1-3-11-27/h4,7-8,14-15,17H,1-3,5-6,9-13,16H2,(H,25,26)/t17-/m1/s1. The summed E-state index contributed by atoms with van der Waals surface area (Å²) in [6.45, 7) is 3.04. The number of hydrogen-bond acceptors (Lipinski definition) is 4. The van der Waals surface area contributed by atoms with Crippen molar-refractivity contribution in [2.75, 3.05) is 32.8 Å². The van der Waals surface area contributed by atoms with Gasteiger partial charge in [-0.05, 0) is 44.2 Å². The number of amides is 2. The maximum absolute atomic E-state index is 13.2. The van der Waals surface area contributed by atoms with E-state index >= 15 is 0 Å². The quantitative estimate of drug-likeness (QED) is 0.765. The lowest BCUT2D eigenvalue weighted by Crippen LogP contribution is -2.40. The van der Waals surface area contributed by atoms with E-state index in [0.29, 0.717) is 24.4 Å². The van der Waals surface area contributed by atoms with Crippen molar-refractivity contribution in [1.82, 2.24) is 20.0 Å². The van der Waals surface area contributed by atoms with Gasteiger partial charge in [0.15, 0.2) is 0 Å². The highest BCUT2D eigenvalue weighted by molar-refractivity contribution is 5.95. The zero-order valence-corrected chi connectivity index (χ0v) is 17.7. The molecule has 1 atom stereocenters. The summed E-state index contributed by atoms with van der Waals surface area (Å²) >= 11 is 0. The van der Waals surface area contributed by atoms with Gasteiger partial charge in [0, 0.05) is 38.2 Å². The van der Waals surface area contributed by atoms with Gasteiger partial charge in [-0.25, -0.2) is 4.39 Å². The van der Waals surface area contributed by atoms with Crippen LogP contribution in [-0.2, 0) is 4.79 Å². The fourth-order valence-corrected chi connectivity index (χ4v) is 4.46. The summed E-state index contributed by atoms with van der Waals surface area (Å²) in [4.78, 5) is 29.4. The van der Waals surface area contributed by atoms with Crippen LogP contribution in [0.1, 0.15) is 60.5 Å². The normalized spacial score (nSPS) is 19.3. The van der Waals surface area contributed by atoms with Crippen LogP contribution in [0.5, 0.6) is 5.75 Å². The van der Waals surface area contributed by atoms with Gasteiger partial charge in [-0.3, -0.25) is 14.7 Å². The van der Waals surface area contributed by atoms with E-state index in [0.717, 1.165) is 44.5 Å². The lowest BCUT2D eigenvalue weighted by Gasteiger charge is -2.33. The number of benzene rings is 1.